The molecule has 0 heterocycles. The summed E-state index contributed by atoms with van der Waals surface area (Å²) in [6.07, 6.45) is 0. The summed E-state index contributed by atoms with van der Waals surface area (Å²) in [7, 11) is 0. The molecule has 2 rings (SSSR count). The van der Waals surface area contributed by atoms with E-state index in [-0.39, 0.29) is 0 Å². The van der Waals surface area contributed by atoms with E-state index in [9.17, 15) is 0 Å². The maximum absolute atomic E-state index is 7.73. The first-order valence-corrected chi connectivity index (χ1v) is 5.26. The summed E-state index contributed by atoms with van der Waals surface area (Å²) in [6.45, 7) is 2.51. The van der Waals surface area contributed by atoms with Crippen LogP contribution in [-0.4, -0.2) is 6.61 Å². The van der Waals surface area contributed by atoms with E-state index in [0.29, 0.717) is 29.9 Å². The van der Waals surface area contributed by atoms with Crippen LogP contribution in [0.15, 0.2) is 54.6 Å². The topological polar surface area (TPSA) is 18.5 Å². The van der Waals surface area contributed by atoms with Crippen molar-refractivity contribution in [2.75, 3.05) is 6.61 Å². The van der Waals surface area contributed by atoms with E-state index in [1.807, 2.05) is 43.3 Å². The molecule has 0 bridgehead atoms. The van der Waals surface area contributed by atoms with Gasteiger partial charge in [0.1, 0.15) is 5.75 Å². The third-order valence-corrected chi connectivity index (χ3v) is 2.05. The fraction of sp³-hybridized carbons (Fsp3) is 0.143. The lowest BCUT2D eigenvalue weighted by Gasteiger charge is -2.10. The van der Waals surface area contributed by atoms with Gasteiger partial charge in [0.2, 0.25) is 0 Å². The summed E-state index contributed by atoms with van der Waals surface area (Å²) in [4.78, 5) is 0. The van der Waals surface area contributed by atoms with Gasteiger partial charge in [0.25, 0.3) is 0 Å². The zero-order chi connectivity index (χ0) is 12.1. The molecule has 2 aromatic carbocycles. The van der Waals surface area contributed by atoms with Crippen LogP contribution in [0.3, 0.4) is 0 Å². The normalized spacial score (nSPS) is 10.7. The Hall–Kier alpha value is -1.96. The maximum atomic E-state index is 7.73. The lowest BCUT2D eigenvalue weighted by molar-refractivity contribution is 0.321. The van der Waals surface area contributed by atoms with Crippen molar-refractivity contribution in [2.24, 2.45) is 0 Å². The first kappa shape index (κ1) is 9.28. The second-order valence-electron chi connectivity index (χ2n) is 3.21. The van der Waals surface area contributed by atoms with Crippen molar-refractivity contribution in [3.63, 3.8) is 0 Å². The summed E-state index contributed by atoms with van der Waals surface area (Å²) >= 11 is 0. The standard InChI is InChI=1S/C14H14O2/c1-2-15-13-10-6-7-11-14(13)16-12-8-4-3-5-9-12/h3-11H,2H2,1H3/i8D. The SMILES string of the molecule is [2H]c1ccccc1Oc1ccccc1OCC. The molecular formula is C14H14O2. The van der Waals surface area contributed by atoms with Gasteiger partial charge in [0, 0.05) is 0 Å². The molecule has 0 fully saturated rings. The molecule has 2 heteroatoms. The molecule has 0 N–H and O–H groups in total. The Morgan fingerprint density at radius 1 is 1.00 bits per heavy atom. The van der Waals surface area contributed by atoms with Gasteiger partial charge >= 0.3 is 0 Å². The van der Waals surface area contributed by atoms with Gasteiger partial charge in [-0.1, -0.05) is 30.3 Å². The van der Waals surface area contributed by atoms with Gasteiger partial charge in [-0.05, 0) is 31.2 Å². The van der Waals surface area contributed by atoms with E-state index < -0.39 is 0 Å². The molecule has 0 amide bonds. The van der Waals surface area contributed by atoms with Crippen molar-refractivity contribution in [3.8, 4) is 17.2 Å². The van der Waals surface area contributed by atoms with Crippen molar-refractivity contribution in [1.29, 1.82) is 0 Å². The zero-order valence-electron chi connectivity index (χ0n) is 10.1. The molecule has 0 aromatic heterocycles. The molecule has 0 aliphatic rings. The smallest absolute Gasteiger partial charge is 0.169 e. The van der Waals surface area contributed by atoms with Crippen molar-refractivity contribution in [1.82, 2.24) is 0 Å². The Balaban J connectivity index is 2.27. The van der Waals surface area contributed by atoms with E-state index in [1.165, 1.54) is 0 Å². The average molecular weight is 215 g/mol. The van der Waals surface area contributed by atoms with Crippen LogP contribution in [0.25, 0.3) is 0 Å². The van der Waals surface area contributed by atoms with Gasteiger partial charge < -0.3 is 9.47 Å². The van der Waals surface area contributed by atoms with Gasteiger partial charge in [-0.2, -0.15) is 0 Å². The predicted octanol–water partition coefficient (Wildman–Crippen LogP) is 3.88. The molecule has 82 valence electrons. The molecule has 0 atom stereocenters. The summed E-state index contributed by atoms with van der Waals surface area (Å²) < 4.78 is 18.9. The van der Waals surface area contributed by atoms with Crippen molar-refractivity contribution in [2.45, 2.75) is 6.92 Å². The minimum Gasteiger partial charge on any atom is -0.490 e. The van der Waals surface area contributed by atoms with Crippen molar-refractivity contribution < 1.29 is 10.8 Å². The molecule has 0 unspecified atom stereocenters. The Morgan fingerprint density at radius 3 is 2.50 bits per heavy atom. The van der Waals surface area contributed by atoms with E-state index in [1.54, 1.807) is 12.1 Å². The molecule has 0 saturated carbocycles. The van der Waals surface area contributed by atoms with Crippen molar-refractivity contribution >= 4 is 0 Å². The summed E-state index contributed by atoms with van der Waals surface area (Å²) in [6, 6.07) is 14.9. The number of hydrogen-bond acceptors (Lipinski definition) is 2. The van der Waals surface area contributed by atoms with Crippen LogP contribution in [0.2, 0.25) is 0 Å². The molecule has 16 heavy (non-hydrogen) atoms. The van der Waals surface area contributed by atoms with Gasteiger partial charge in [0.15, 0.2) is 11.5 Å². The Labute approximate surface area is 96.9 Å². The van der Waals surface area contributed by atoms with E-state index >= 15 is 0 Å². The zero-order valence-corrected chi connectivity index (χ0v) is 9.14. The predicted molar refractivity (Wildman–Crippen MR) is 64.1 cm³/mol. The van der Waals surface area contributed by atoms with E-state index in [2.05, 4.69) is 0 Å². The van der Waals surface area contributed by atoms with Crippen LogP contribution in [0.4, 0.5) is 0 Å². The van der Waals surface area contributed by atoms with Crippen LogP contribution in [0, 0.1) is 0 Å². The lowest BCUT2D eigenvalue weighted by Crippen LogP contribution is -1.94. The summed E-state index contributed by atoms with van der Waals surface area (Å²) in [5, 5.41) is 0. The second-order valence-corrected chi connectivity index (χ2v) is 3.21. The highest BCUT2D eigenvalue weighted by atomic mass is 16.5. The largest absolute Gasteiger partial charge is 0.490 e. The molecule has 0 radical (unpaired) electrons. The number of para-hydroxylation sites is 3. The van der Waals surface area contributed by atoms with Gasteiger partial charge in [-0.25, -0.2) is 0 Å². The molecule has 0 spiro atoms. The Morgan fingerprint density at radius 2 is 1.75 bits per heavy atom. The summed E-state index contributed by atoms with van der Waals surface area (Å²) in [5.41, 5.74) is 0. The minimum atomic E-state index is 0.360. The van der Waals surface area contributed by atoms with E-state index in [0.717, 1.165) is 0 Å². The van der Waals surface area contributed by atoms with Gasteiger partial charge in [-0.3, -0.25) is 0 Å². The number of rotatable bonds is 4. The van der Waals surface area contributed by atoms with Crippen LogP contribution in [0.1, 0.15) is 8.29 Å². The first-order chi connectivity index (χ1) is 8.31. The molecule has 2 nitrogen and oxygen atoms in total. The third-order valence-electron chi connectivity index (χ3n) is 2.05. The van der Waals surface area contributed by atoms with Crippen molar-refractivity contribution in [3.05, 3.63) is 54.6 Å². The van der Waals surface area contributed by atoms with Crippen LogP contribution in [-0.2, 0) is 0 Å². The lowest BCUT2D eigenvalue weighted by atomic mass is 10.3. The molecule has 0 saturated heterocycles. The maximum Gasteiger partial charge on any atom is 0.169 e. The van der Waals surface area contributed by atoms with Crippen LogP contribution < -0.4 is 9.47 Å². The van der Waals surface area contributed by atoms with Crippen LogP contribution in [0.5, 0.6) is 17.2 Å². The first-order valence-electron chi connectivity index (χ1n) is 5.76. The highest BCUT2D eigenvalue weighted by molar-refractivity contribution is 5.42. The quantitative estimate of drug-likeness (QED) is 0.770. The second kappa shape index (κ2) is 5.21. The Bertz CT molecular complexity index is 497. The Kier molecular flexibility index (Phi) is 3.02. The molecule has 0 aliphatic heterocycles. The molecular weight excluding hydrogens is 200 g/mol. The van der Waals surface area contributed by atoms with Crippen LogP contribution >= 0.6 is 0 Å². The van der Waals surface area contributed by atoms with E-state index in [4.69, 9.17) is 10.8 Å². The third kappa shape index (κ3) is 2.54. The van der Waals surface area contributed by atoms with Gasteiger partial charge in [-0.15, -0.1) is 0 Å². The fourth-order valence-electron chi connectivity index (χ4n) is 1.37. The molecule has 2 aromatic rings. The number of benzene rings is 2. The highest BCUT2D eigenvalue weighted by Crippen LogP contribution is 2.30. The minimum absolute atomic E-state index is 0.360. The highest BCUT2D eigenvalue weighted by Gasteiger charge is 2.03. The fourth-order valence-corrected chi connectivity index (χ4v) is 1.37. The summed E-state index contributed by atoms with van der Waals surface area (Å²) in [5.74, 6) is 1.85. The monoisotopic (exact) mass is 215 g/mol. The average Bonchev–Trinajstić information content (AvgIpc) is 2.35. The van der Waals surface area contributed by atoms with Gasteiger partial charge in [0.05, 0.1) is 7.98 Å². The number of hydrogen-bond donors (Lipinski definition) is 0. The number of ether oxygens (including phenoxy) is 2. The molecule has 0 aliphatic carbocycles.